The average molecular weight is 431 g/mol. The largest absolute Gasteiger partial charge is 0.460 e. The first-order chi connectivity index (χ1) is 15.0. The fourth-order valence-corrected chi connectivity index (χ4v) is 3.94. The number of fused-ring (bicyclic) bond motifs is 1. The van der Waals surface area contributed by atoms with Gasteiger partial charge in [-0.25, -0.2) is 4.79 Å². The molecule has 0 aliphatic carbocycles. The Morgan fingerprint density at radius 2 is 1.97 bits per heavy atom. The lowest BCUT2D eigenvalue weighted by molar-refractivity contribution is -0.126. The number of rotatable bonds is 10. The summed E-state index contributed by atoms with van der Waals surface area (Å²) in [4.78, 5) is 27.1. The number of nitrogens with zero attached hydrogens (tertiary/aromatic N) is 1. The summed E-state index contributed by atoms with van der Waals surface area (Å²) in [6, 6.07) is 7.67. The van der Waals surface area contributed by atoms with Gasteiger partial charge in [0.1, 0.15) is 5.58 Å². The molecule has 0 radical (unpaired) electrons. The van der Waals surface area contributed by atoms with Gasteiger partial charge in [0.2, 0.25) is 11.7 Å². The Hall–Kier alpha value is -2.38. The topological polar surface area (TPSA) is 81.0 Å². The minimum atomic E-state index is -0.426. The van der Waals surface area contributed by atoms with E-state index in [0.29, 0.717) is 31.9 Å². The number of para-hydroxylation sites is 1. The molecule has 1 amide bonds. The van der Waals surface area contributed by atoms with E-state index in [1.807, 2.05) is 38.1 Å². The van der Waals surface area contributed by atoms with Crippen LogP contribution in [0, 0.1) is 5.92 Å². The Morgan fingerprint density at radius 3 is 2.68 bits per heavy atom. The molecule has 7 nitrogen and oxygen atoms in total. The highest BCUT2D eigenvalue weighted by molar-refractivity contribution is 5.96. The average Bonchev–Trinajstić information content (AvgIpc) is 3.12. The van der Waals surface area contributed by atoms with Crippen molar-refractivity contribution < 1.29 is 23.5 Å². The van der Waals surface area contributed by atoms with Crippen molar-refractivity contribution in [3.05, 3.63) is 35.6 Å². The van der Waals surface area contributed by atoms with Crippen molar-refractivity contribution in [2.45, 2.75) is 52.7 Å². The first-order valence-corrected chi connectivity index (χ1v) is 11.3. The van der Waals surface area contributed by atoms with Crippen LogP contribution in [-0.4, -0.2) is 55.7 Å². The van der Waals surface area contributed by atoms with Crippen molar-refractivity contribution in [3.8, 4) is 0 Å². The standard InChI is InChI=1S/C24H34N2O5/c1-4-29-24(28)22-20(19-8-5-6-9-21(19)31-22)16-26-13-10-18(11-14-26)23(27)25-12-7-15-30-17(2)3/h5-6,8-9,17-18H,4,7,10-16H2,1-3H3,(H,25,27). The van der Waals surface area contributed by atoms with Gasteiger partial charge < -0.3 is 19.2 Å². The number of piperidine rings is 1. The zero-order valence-corrected chi connectivity index (χ0v) is 18.8. The number of benzene rings is 1. The smallest absolute Gasteiger partial charge is 0.374 e. The number of hydrogen-bond acceptors (Lipinski definition) is 6. The fourth-order valence-electron chi connectivity index (χ4n) is 3.94. The molecule has 1 fully saturated rings. The van der Waals surface area contributed by atoms with Gasteiger partial charge in [-0.2, -0.15) is 0 Å². The Balaban J connectivity index is 1.54. The van der Waals surface area contributed by atoms with E-state index in [-0.39, 0.29) is 23.7 Å². The third-order valence-electron chi connectivity index (χ3n) is 5.57. The lowest BCUT2D eigenvalue weighted by Gasteiger charge is -2.31. The number of nitrogens with one attached hydrogen (secondary N) is 1. The zero-order chi connectivity index (χ0) is 22.2. The third kappa shape index (κ3) is 6.31. The van der Waals surface area contributed by atoms with Crippen LogP contribution in [0.25, 0.3) is 11.0 Å². The van der Waals surface area contributed by atoms with Crippen molar-refractivity contribution in [1.82, 2.24) is 10.2 Å². The van der Waals surface area contributed by atoms with Gasteiger partial charge in [-0.1, -0.05) is 18.2 Å². The highest BCUT2D eigenvalue weighted by Gasteiger charge is 2.28. The maximum Gasteiger partial charge on any atom is 0.374 e. The second-order valence-corrected chi connectivity index (χ2v) is 8.24. The van der Waals surface area contributed by atoms with Gasteiger partial charge in [0.05, 0.1) is 12.7 Å². The summed E-state index contributed by atoms with van der Waals surface area (Å²) in [5, 5.41) is 3.97. The van der Waals surface area contributed by atoms with Crippen LogP contribution < -0.4 is 5.32 Å². The summed E-state index contributed by atoms with van der Waals surface area (Å²) in [6.45, 7) is 9.63. The summed E-state index contributed by atoms with van der Waals surface area (Å²) in [7, 11) is 0. The molecule has 0 saturated carbocycles. The van der Waals surface area contributed by atoms with Gasteiger partial charge in [-0.3, -0.25) is 9.69 Å². The fraction of sp³-hybridized carbons (Fsp3) is 0.583. The van der Waals surface area contributed by atoms with Crippen LogP contribution in [0.2, 0.25) is 0 Å². The number of likely N-dealkylation sites (tertiary alicyclic amines) is 1. The summed E-state index contributed by atoms with van der Waals surface area (Å²) >= 11 is 0. The summed E-state index contributed by atoms with van der Waals surface area (Å²) in [5.41, 5.74) is 1.55. The van der Waals surface area contributed by atoms with Gasteiger partial charge in [-0.15, -0.1) is 0 Å². The summed E-state index contributed by atoms with van der Waals surface area (Å²) in [6.07, 6.45) is 2.65. The summed E-state index contributed by atoms with van der Waals surface area (Å²) in [5.74, 6) is 0.0222. The molecule has 0 bridgehead atoms. The van der Waals surface area contributed by atoms with E-state index in [4.69, 9.17) is 13.9 Å². The quantitative estimate of drug-likeness (QED) is 0.457. The second-order valence-electron chi connectivity index (χ2n) is 8.24. The Labute approximate surface area is 184 Å². The first-order valence-electron chi connectivity index (χ1n) is 11.3. The normalized spacial score (nSPS) is 15.5. The molecule has 2 heterocycles. The molecule has 3 rings (SSSR count). The Bertz CT molecular complexity index is 868. The molecule has 31 heavy (non-hydrogen) atoms. The number of amides is 1. The van der Waals surface area contributed by atoms with Crippen LogP contribution in [-0.2, 0) is 20.8 Å². The highest BCUT2D eigenvalue weighted by atomic mass is 16.5. The minimum absolute atomic E-state index is 0.0351. The highest BCUT2D eigenvalue weighted by Crippen LogP contribution is 2.29. The number of esters is 1. The number of hydrogen-bond donors (Lipinski definition) is 1. The molecule has 0 unspecified atom stereocenters. The predicted molar refractivity (Wildman–Crippen MR) is 119 cm³/mol. The molecule has 170 valence electrons. The second kappa shape index (κ2) is 11.3. The maximum atomic E-state index is 12.5. The molecular formula is C24H34N2O5. The molecule has 2 aromatic rings. The molecule has 7 heteroatoms. The number of furan rings is 1. The predicted octanol–water partition coefficient (Wildman–Crippen LogP) is 3.75. The van der Waals surface area contributed by atoms with E-state index in [1.54, 1.807) is 6.92 Å². The molecule has 1 aromatic heterocycles. The molecule has 1 aromatic carbocycles. The van der Waals surface area contributed by atoms with Crippen molar-refractivity contribution in [3.63, 3.8) is 0 Å². The van der Waals surface area contributed by atoms with E-state index in [9.17, 15) is 9.59 Å². The van der Waals surface area contributed by atoms with Crippen LogP contribution in [0.3, 0.4) is 0 Å². The van der Waals surface area contributed by atoms with Gasteiger partial charge in [0.25, 0.3) is 0 Å². The van der Waals surface area contributed by atoms with Crippen LogP contribution in [0.4, 0.5) is 0 Å². The van der Waals surface area contributed by atoms with Gasteiger partial charge in [0.15, 0.2) is 0 Å². The van der Waals surface area contributed by atoms with E-state index < -0.39 is 5.97 Å². The van der Waals surface area contributed by atoms with Crippen molar-refractivity contribution in [2.24, 2.45) is 5.92 Å². The third-order valence-corrected chi connectivity index (χ3v) is 5.57. The van der Waals surface area contributed by atoms with Crippen molar-refractivity contribution >= 4 is 22.8 Å². The van der Waals surface area contributed by atoms with Crippen LogP contribution in [0.5, 0.6) is 0 Å². The minimum Gasteiger partial charge on any atom is -0.460 e. The van der Waals surface area contributed by atoms with Crippen molar-refractivity contribution in [1.29, 1.82) is 0 Å². The monoisotopic (exact) mass is 430 g/mol. The number of ether oxygens (including phenoxy) is 2. The van der Waals surface area contributed by atoms with E-state index >= 15 is 0 Å². The van der Waals surface area contributed by atoms with Crippen LogP contribution >= 0.6 is 0 Å². The molecule has 1 N–H and O–H groups in total. The Morgan fingerprint density at radius 1 is 1.23 bits per heavy atom. The Kier molecular flexibility index (Phi) is 8.49. The molecule has 1 aliphatic heterocycles. The first kappa shape index (κ1) is 23.3. The molecular weight excluding hydrogens is 396 g/mol. The maximum absolute atomic E-state index is 12.5. The SMILES string of the molecule is CCOC(=O)c1oc2ccccc2c1CN1CCC(C(=O)NCCCOC(C)C)CC1. The number of carbonyl (C=O) groups excluding carboxylic acids is 2. The van der Waals surface area contributed by atoms with Gasteiger partial charge in [-0.05, 0) is 59.2 Å². The van der Waals surface area contributed by atoms with Gasteiger partial charge >= 0.3 is 5.97 Å². The van der Waals surface area contributed by atoms with E-state index in [2.05, 4.69) is 10.2 Å². The summed E-state index contributed by atoms with van der Waals surface area (Å²) < 4.78 is 16.5. The molecule has 1 aliphatic rings. The van der Waals surface area contributed by atoms with Crippen LogP contribution in [0.1, 0.15) is 56.2 Å². The lowest BCUT2D eigenvalue weighted by Crippen LogP contribution is -2.40. The van der Waals surface area contributed by atoms with Crippen LogP contribution in [0.15, 0.2) is 28.7 Å². The molecule has 0 atom stereocenters. The van der Waals surface area contributed by atoms with Gasteiger partial charge in [0, 0.05) is 36.6 Å². The zero-order valence-electron chi connectivity index (χ0n) is 18.8. The molecule has 0 spiro atoms. The van der Waals surface area contributed by atoms with E-state index in [1.165, 1.54) is 0 Å². The van der Waals surface area contributed by atoms with Crippen molar-refractivity contribution in [2.75, 3.05) is 32.8 Å². The molecule has 1 saturated heterocycles. The lowest BCUT2D eigenvalue weighted by atomic mass is 9.95. The number of carbonyl (C=O) groups is 2. The van der Waals surface area contributed by atoms with E-state index in [0.717, 1.165) is 43.3 Å².